The molecule has 1 rings (SSSR count). The summed E-state index contributed by atoms with van der Waals surface area (Å²) in [6.07, 6.45) is 0. The second-order valence-corrected chi connectivity index (χ2v) is 4.38. The topological polar surface area (TPSA) is 89.3 Å². The maximum Gasteiger partial charge on any atom is 0.239 e. The third-order valence-corrected chi connectivity index (χ3v) is 2.53. The van der Waals surface area contributed by atoms with Gasteiger partial charge in [0, 0.05) is 24.9 Å². The van der Waals surface area contributed by atoms with Gasteiger partial charge in [0.2, 0.25) is 5.91 Å². The number of carbonyl (C=O) groups excluding carboxylic acids is 1. The second kappa shape index (κ2) is 7.65. The number of thiocarbonyl (C=S) groups is 1. The van der Waals surface area contributed by atoms with E-state index in [4.69, 9.17) is 22.7 Å². The number of hydrogen-bond donors (Lipinski definition) is 3. The highest BCUT2D eigenvalue weighted by atomic mass is 32.1. The molecule has 7 heteroatoms. The Morgan fingerprint density at radius 2 is 2.26 bits per heavy atom. The van der Waals surface area contributed by atoms with Gasteiger partial charge in [0.05, 0.1) is 13.2 Å². The maximum absolute atomic E-state index is 11.5. The van der Waals surface area contributed by atoms with Gasteiger partial charge in [-0.15, -0.1) is 0 Å². The molecule has 0 aliphatic carbocycles. The first-order valence-corrected chi connectivity index (χ1v) is 6.21. The molecule has 0 spiro atoms. The number of methoxy groups -OCH3 is 1. The van der Waals surface area contributed by atoms with Crippen molar-refractivity contribution in [1.29, 1.82) is 0 Å². The van der Waals surface area contributed by atoms with E-state index >= 15 is 0 Å². The summed E-state index contributed by atoms with van der Waals surface area (Å²) < 4.78 is 4.84. The van der Waals surface area contributed by atoms with Crippen molar-refractivity contribution >= 4 is 28.9 Å². The number of amides is 1. The first kappa shape index (κ1) is 15.3. The third kappa shape index (κ3) is 5.62. The lowest BCUT2D eigenvalue weighted by molar-refractivity contribution is -0.119. The molecule has 1 aromatic heterocycles. The van der Waals surface area contributed by atoms with Crippen molar-refractivity contribution in [2.24, 2.45) is 5.73 Å². The second-order valence-electron chi connectivity index (χ2n) is 3.94. The molecule has 1 amide bonds. The van der Waals surface area contributed by atoms with Gasteiger partial charge in [-0.1, -0.05) is 12.2 Å². The zero-order chi connectivity index (χ0) is 14.3. The van der Waals surface area contributed by atoms with Gasteiger partial charge < -0.3 is 21.1 Å². The molecule has 19 heavy (non-hydrogen) atoms. The van der Waals surface area contributed by atoms with Gasteiger partial charge in [0.1, 0.15) is 10.8 Å². The van der Waals surface area contributed by atoms with E-state index in [2.05, 4.69) is 15.6 Å². The monoisotopic (exact) mass is 282 g/mol. The highest BCUT2D eigenvalue weighted by Crippen LogP contribution is 2.09. The molecule has 0 radical (unpaired) electrons. The van der Waals surface area contributed by atoms with Gasteiger partial charge in [0.15, 0.2) is 0 Å². The molecule has 4 N–H and O–H groups in total. The molecule has 0 aromatic carbocycles. The van der Waals surface area contributed by atoms with Crippen molar-refractivity contribution in [3.63, 3.8) is 0 Å². The van der Waals surface area contributed by atoms with Crippen LogP contribution in [0, 0.1) is 6.92 Å². The van der Waals surface area contributed by atoms with Crippen LogP contribution in [0.4, 0.5) is 5.82 Å². The highest BCUT2D eigenvalue weighted by molar-refractivity contribution is 7.80. The Morgan fingerprint density at radius 1 is 1.53 bits per heavy atom. The fourth-order valence-electron chi connectivity index (χ4n) is 1.43. The summed E-state index contributed by atoms with van der Waals surface area (Å²) >= 11 is 4.92. The van der Waals surface area contributed by atoms with Crippen LogP contribution in [-0.4, -0.2) is 42.7 Å². The summed E-state index contributed by atoms with van der Waals surface area (Å²) in [6, 6.07) is 3.52. The Balaban J connectivity index is 2.53. The molecule has 0 aliphatic heterocycles. The van der Waals surface area contributed by atoms with E-state index in [0.717, 1.165) is 11.3 Å². The summed E-state index contributed by atoms with van der Waals surface area (Å²) in [7, 11) is 1.58. The smallest absolute Gasteiger partial charge is 0.239 e. The number of nitrogens with one attached hydrogen (secondary N) is 2. The van der Waals surface area contributed by atoms with Crippen molar-refractivity contribution in [1.82, 2.24) is 10.3 Å². The first-order valence-electron chi connectivity index (χ1n) is 5.81. The van der Waals surface area contributed by atoms with Gasteiger partial charge in [-0.3, -0.25) is 4.79 Å². The SMILES string of the molecule is COCCNC(=O)CNc1cc(C(N)=S)cc(C)n1. The van der Waals surface area contributed by atoms with Crippen LogP contribution in [0.15, 0.2) is 12.1 Å². The van der Waals surface area contributed by atoms with Crippen molar-refractivity contribution in [2.75, 3.05) is 32.1 Å². The molecule has 0 atom stereocenters. The van der Waals surface area contributed by atoms with E-state index in [1.807, 2.05) is 6.92 Å². The summed E-state index contributed by atoms with van der Waals surface area (Å²) in [5.74, 6) is 0.446. The Labute approximate surface area is 117 Å². The van der Waals surface area contributed by atoms with E-state index in [1.165, 1.54) is 0 Å². The number of ether oxygens (including phenoxy) is 1. The van der Waals surface area contributed by atoms with Crippen LogP contribution in [-0.2, 0) is 9.53 Å². The number of rotatable bonds is 7. The normalized spacial score (nSPS) is 10.0. The molecular weight excluding hydrogens is 264 g/mol. The molecule has 1 heterocycles. The lowest BCUT2D eigenvalue weighted by atomic mass is 10.2. The van der Waals surface area contributed by atoms with Crippen LogP contribution >= 0.6 is 12.2 Å². The van der Waals surface area contributed by atoms with E-state index in [9.17, 15) is 4.79 Å². The predicted molar refractivity (Wildman–Crippen MR) is 78.2 cm³/mol. The van der Waals surface area contributed by atoms with Crippen molar-refractivity contribution in [2.45, 2.75) is 6.92 Å². The number of nitrogens with two attached hydrogens (primary N) is 1. The Hall–Kier alpha value is -1.73. The zero-order valence-corrected chi connectivity index (χ0v) is 11.8. The number of aryl methyl sites for hydroxylation is 1. The molecule has 0 saturated carbocycles. The van der Waals surface area contributed by atoms with E-state index < -0.39 is 0 Å². The van der Waals surface area contributed by atoms with E-state index in [-0.39, 0.29) is 12.5 Å². The summed E-state index contributed by atoms with van der Waals surface area (Å²) in [4.78, 5) is 16.0. The molecule has 6 nitrogen and oxygen atoms in total. The minimum Gasteiger partial charge on any atom is -0.389 e. The minimum atomic E-state index is -0.128. The fourth-order valence-corrected chi connectivity index (χ4v) is 1.55. The van der Waals surface area contributed by atoms with Crippen LogP contribution in [0.5, 0.6) is 0 Å². The summed E-state index contributed by atoms with van der Waals surface area (Å²) in [6.45, 7) is 2.94. The molecular formula is C12H18N4O2S. The van der Waals surface area contributed by atoms with Gasteiger partial charge in [0.25, 0.3) is 0 Å². The number of hydrogen-bond acceptors (Lipinski definition) is 5. The lowest BCUT2D eigenvalue weighted by Gasteiger charge is -2.09. The van der Waals surface area contributed by atoms with Gasteiger partial charge >= 0.3 is 0 Å². The molecule has 0 fully saturated rings. The number of aromatic nitrogens is 1. The summed E-state index contributed by atoms with van der Waals surface area (Å²) in [5, 5.41) is 5.63. The first-order chi connectivity index (χ1) is 9.02. The number of pyridine rings is 1. The Bertz CT molecular complexity index is 465. The van der Waals surface area contributed by atoms with Crippen molar-refractivity contribution in [3.05, 3.63) is 23.4 Å². The van der Waals surface area contributed by atoms with Crippen LogP contribution in [0.3, 0.4) is 0 Å². The Morgan fingerprint density at radius 3 is 2.89 bits per heavy atom. The molecule has 0 bridgehead atoms. The highest BCUT2D eigenvalue weighted by Gasteiger charge is 2.04. The van der Waals surface area contributed by atoms with Gasteiger partial charge in [-0.25, -0.2) is 4.98 Å². The molecule has 104 valence electrons. The predicted octanol–water partition coefficient (Wildman–Crippen LogP) is 0.199. The largest absolute Gasteiger partial charge is 0.389 e. The molecule has 1 aromatic rings. The van der Waals surface area contributed by atoms with Gasteiger partial charge in [-0.2, -0.15) is 0 Å². The fraction of sp³-hybridized carbons (Fsp3) is 0.417. The van der Waals surface area contributed by atoms with Crippen LogP contribution in [0.25, 0.3) is 0 Å². The van der Waals surface area contributed by atoms with Crippen LogP contribution in [0.1, 0.15) is 11.3 Å². The zero-order valence-electron chi connectivity index (χ0n) is 11.0. The Kier molecular flexibility index (Phi) is 6.17. The quantitative estimate of drug-likeness (QED) is 0.489. The van der Waals surface area contributed by atoms with Crippen LogP contribution < -0.4 is 16.4 Å². The molecule has 0 unspecified atom stereocenters. The average molecular weight is 282 g/mol. The maximum atomic E-state index is 11.5. The molecule has 0 aliphatic rings. The minimum absolute atomic E-state index is 0.128. The van der Waals surface area contributed by atoms with E-state index in [0.29, 0.717) is 24.0 Å². The van der Waals surface area contributed by atoms with Gasteiger partial charge in [-0.05, 0) is 19.1 Å². The lowest BCUT2D eigenvalue weighted by Crippen LogP contribution is -2.32. The third-order valence-electron chi connectivity index (χ3n) is 2.30. The molecule has 0 saturated heterocycles. The summed E-state index contributed by atoms with van der Waals surface area (Å²) in [5.41, 5.74) is 7.08. The number of nitrogens with zero attached hydrogens (tertiary/aromatic N) is 1. The van der Waals surface area contributed by atoms with E-state index in [1.54, 1.807) is 19.2 Å². The average Bonchev–Trinajstić information content (AvgIpc) is 2.36. The standard InChI is InChI=1S/C12H18N4O2S/c1-8-5-9(12(13)19)6-10(16-8)15-7-11(17)14-3-4-18-2/h5-6H,3-4,7H2,1-2H3,(H2,13,19)(H,14,17)(H,15,16). The van der Waals surface area contributed by atoms with Crippen molar-refractivity contribution in [3.8, 4) is 0 Å². The van der Waals surface area contributed by atoms with Crippen LogP contribution in [0.2, 0.25) is 0 Å². The van der Waals surface area contributed by atoms with Crippen molar-refractivity contribution < 1.29 is 9.53 Å². The number of anilines is 1. The number of carbonyl (C=O) groups is 1.